The fourth-order valence-corrected chi connectivity index (χ4v) is 2.53. The van der Waals surface area contributed by atoms with Gasteiger partial charge in [0.2, 0.25) is 0 Å². The number of carbonyl (C=O) groups excluding carboxylic acids is 1. The molecule has 0 aliphatic heterocycles. The van der Waals surface area contributed by atoms with Gasteiger partial charge in [-0.15, -0.1) is 0 Å². The summed E-state index contributed by atoms with van der Waals surface area (Å²) in [6.07, 6.45) is 3.37. The van der Waals surface area contributed by atoms with Crippen LogP contribution in [0.3, 0.4) is 0 Å². The van der Waals surface area contributed by atoms with Crippen molar-refractivity contribution in [1.29, 1.82) is 0 Å². The van der Waals surface area contributed by atoms with E-state index in [9.17, 15) is 9.90 Å². The summed E-state index contributed by atoms with van der Waals surface area (Å²) < 4.78 is 0. The number of hydrogen-bond donors (Lipinski definition) is 3. The van der Waals surface area contributed by atoms with Crippen LogP contribution < -0.4 is 5.32 Å². The predicted octanol–water partition coefficient (Wildman–Crippen LogP) is 2.83. The van der Waals surface area contributed by atoms with E-state index in [4.69, 9.17) is 23.2 Å². The molecule has 1 aromatic carbocycles. The number of halogens is 2. The van der Waals surface area contributed by atoms with Crippen LogP contribution in [0.1, 0.15) is 29.4 Å². The second-order valence-corrected chi connectivity index (χ2v) is 5.81. The number of hydrogen-bond acceptors (Lipinski definition) is 3. The summed E-state index contributed by atoms with van der Waals surface area (Å²) in [5, 5.41) is 13.6. The molecule has 1 amide bonds. The number of benzene rings is 1. The molecule has 0 aliphatic rings. The van der Waals surface area contributed by atoms with Crippen LogP contribution in [0.4, 0.5) is 0 Å². The molecule has 3 N–H and O–H groups in total. The molecular weight excluding hydrogens is 325 g/mol. The first kappa shape index (κ1) is 16.8. The molecule has 1 heterocycles. The molecule has 2 aromatic rings. The lowest BCUT2D eigenvalue weighted by atomic mass is 10.0. The first-order valence-electron chi connectivity index (χ1n) is 6.89. The molecule has 0 fully saturated rings. The first-order chi connectivity index (χ1) is 10.5. The highest BCUT2D eigenvalue weighted by Crippen LogP contribution is 2.26. The number of aliphatic hydroxyl groups excluding tert-OH is 1. The van der Waals surface area contributed by atoms with Gasteiger partial charge >= 0.3 is 0 Å². The molecule has 2 atom stereocenters. The molecule has 0 saturated carbocycles. The average Bonchev–Trinajstić information content (AvgIpc) is 3.01. The number of aromatic amines is 1. The largest absolute Gasteiger partial charge is 0.391 e. The van der Waals surface area contributed by atoms with E-state index in [1.807, 2.05) is 12.1 Å². The van der Waals surface area contributed by atoms with Crippen molar-refractivity contribution in [3.8, 4) is 0 Å². The fourth-order valence-electron chi connectivity index (χ4n) is 2.11. The maximum atomic E-state index is 12.0. The van der Waals surface area contributed by atoms with Gasteiger partial charge in [0.1, 0.15) is 5.69 Å². The number of aliphatic hydroxyl groups is 1. The Morgan fingerprint density at radius 2 is 2.23 bits per heavy atom. The summed E-state index contributed by atoms with van der Waals surface area (Å²) in [4.78, 5) is 18.6. The van der Waals surface area contributed by atoms with Gasteiger partial charge in [-0.1, -0.05) is 35.3 Å². The molecule has 0 spiro atoms. The zero-order chi connectivity index (χ0) is 16.1. The van der Waals surface area contributed by atoms with Gasteiger partial charge in [0.15, 0.2) is 0 Å². The van der Waals surface area contributed by atoms with E-state index in [0.717, 1.165) is 5.56 Å². The Balaban J connectivity index is 2.00. The Morgan fingerprint density at radius 1 is 1.45 bits per heavy atom. The van der Waals surface area contributed by atoms with Crippen molar-refractivity contribution < 1.29 is 9.90 Å². The van der Waals surface area contributed by atoms with Crippen molar-refractivity contribution in [2.24, 2.45) is 0 Å². The van der Waals surface area contributed by atoms with Gasteiger partial charge in [0.05, 0.1) is 28.5 Å². The number of H-pyrrole nitrogens is 1. The molecule has 7 heteroatoms. The van der Waals surface area contributed by atoms with Crippen molar-refractivity contribution in [2.75, 3.05) is 0 Å². The number of amides is 1. The molecule has 0 saturated heterocycles. The van der Waals surface area contributed by atoms with Crippen molar-refractivity contribution in [1.82, 2.24) is 15.3 Å². The summed E-state index contributed by atoms with van der Waals surface area (Å²) >= 11 is 12.1. The molecule has 1 aromatic heterocycles. The second kappa shape index (κ2) is 7.63. The third kappa shape index (κ3) is 4.22. The van der Waals surface area contributed by atoms with Crippen LogP contribution in [0.5, 0.6) is 0 Å². The van der Waals surface area contributed by atoms with E-state index in [1.165, 1.54) is 12.5 Å². The normalized spacial score (nSPS) is 13.6. The van der Waals surface area contributed by atoms with E-state index >= 15 is 0 Å². The van der Waals surface area contributed by atoms with Crippen LogP contribution in [0, 0.1) is 0 Å². The summed E-state index contributed by atoms with van der Waals surface area (Å²) in [6, 6.07) is 5.02. The van der Waals surface area contributed by atoms with Crippen LogP contribution in [0.15, 0.2) is 30.7 Å². The van der Waals surface area contributed by atoms with Crippen molar-refractivity contribution >= 4 is 29.1 Å². The third-order valence-corrected chi connectivity index (χ3v) is 4.24. The van der Waals surface area contributed by atoms with Gasteiger partial charge < -0.3 is 15.4 Å². The number of aromatic nitrogens is 2. The van der Waals surface area contributed by atoms with Gasteiger partial charge in [-0.2, -0.15) is 0 Å². The van der Waals surface area contributed by atoms with Gasteiger partial charge in [-0.3, -0.25) is 4.79 Å². The summed E-state index contributed by atoms with van der Waals surface area (Å²) in [6.45, 7) is 1.63. The molecule has 5 nitrogen and oxygen atoms in total. The molecule has 22 heavy (non-hydrogen) atoms. The summed E-state index contributed by atoms with van der Waals surface area (Å²) in [5.41, 5.74) is 1.17. The molecule has 0 aliphatic carbocycles. The molecule has 0 radical (unpaired) electrons. The van der Waals surface area contributed by atoms with E-state index in [1.54, 1.807) is 13.0 Å². The minimum atomic E-state index is -0.694. The van der Waals surface area contributed by atoms with Gasteiger partial charge in [-0.05, 0) is 31.4 Å². The topological polar surface area (TPSA) is 78.0 Å². The number of rotatable bonds is 6. The molecule has 0 unspecified atom stereocenters. The lowest BCUT2D eigenvalue weighted by Crippen LogP contribution is -2.42. The van der Waals surface area contributed by atoms with Crippen LogP contribution in [0.2, 0.25) is 10.0 Å². The number of nitrogens with zero attached hydrogens (tertiary/aromatic N) is 1. The summed E-state index contributed by atoms with van der Waals surface area (Å²) in [7, 11) is 0. The van der Waals surface area contributed by atoms with Gasteiger partial charge in [-0.25, -0.2) is 4.98 Å². The van der Waals surface area contributed by atoms with E-state index in [0.29, 0.717) is 22.9 Å². The average molecular weight is 342 g/mol. The second-order valence-electron chi connectivity index (χ2n) is 5.03. The highest BCUT2D eigenvalue weighted by Gasteiger charge is 2.20. The Bertz CT molecular complexity index is 630. The Morgan fingerprint density at radius 3 is 2.86 bits per heavy atom. The van der Waals surface area contributed by atoms with Gasteiger partial charge in [0, 0.05) is 6.20 Å². The minimum Gasteiger partial charge on any atom is -0.391 e. The quantitative estimate of drug-likeness (QED) is 0.755. The van der Waals surface area contributed by atoms with E-state index in [2.05, 4.69) is 15.3 Å². The predicted molar refractivity (Wildman–Crippen MR) is 86.3 cm³/mol. The minimum absolute atomic E-state index is 0.284. The van der Waals surface area contributed by atoms with Crippen LogP contribution >= 0.6 is 23.2 Å². The summed E-state index contributed by atoms with van der Waals surface area (Å²) in [5.74, 6) is -0.329. The van der Waals surface area contributed by atoms with Gasteiger partial charge in [0.25, 0.3) is 5.91 Å². The maximum Gasteiger partial charge on any atom is 0.271 e. The molecule has 118 valence electrons. The van der Waals surface area contributed by atoms with Crippen LogP contribution in [0.25, 0.3) is 0 Å². The van der Waals surface area contributed by atoms with Crippen molar-refractivity contribution in [3.05, 3.63) is 52.0 Å². The zero-order valence-electron chi connectivity index (χ0n) is 12.0. The molecular formula is C15H17Cl2N3O2. The number of nitrogens with one attached hydrogen (secondary N) is 2. The molecule has 2 rings (SSSR count). The maximum absolute atomic E-state index is 12.0. The lowest BCUT2D eigenvalue weighted by molar-refractivity contribution is 0.0846. The smallest absolute Gasteiger partial charge is 0.271 e. The van der Waals surface area contributed by atoms with Crippen molar-refractivity contribution in [2.45, 2.75) is 31.9 Å². The number of imidazole rings is 1. The molecule has 0 bridgehead atoms. The van der Waals surface area contributed by atoms with E-state index in [-0.39, 0.29) is 11.6 Å². The van der Waals surface area contributed by atoms with Crippen molar-refractivity contribution in [3.63, 3.8) is 0 Å². The highest BCUT2D eigenvalue weighted by molar-refractivity contribution is 6.42. The highest BCUT2D eigenvalue weighted by atomic mass is 35.5. The van der Waals surface area contributed by atoms with Crippen LogP contribution in [-0.4, -0.2) is 33.1 Å². The Labute approximate surface area is 138 Å². The van der Waals surface area contributed by atoms with E-state index < -0.39 is 12.1 Å². The zero-order valence-corrected chi connectivity index (χ0v) is 13.5. The third-order valence-electron chi connectivity index (χ3n) is 3.39. The standard InChI is InChI=1S/C15H17Cl2N3O2/c1-9(21)12(20-15(22)13-7-18-8-19-13)6-5-10-3-2-4-11(16)14(10)17/h2-4,7-9,12,21H,5-6H2,1H3,(H,18,19)(H,20,22)/t9-,12+/m0/s1. The fraction of sp³-hybridized carbons (Fsp3) is 0.333. The Kier molecular flexibility index (Phi) is 5.83. The first-order valence-corrected chi connectivity index (χ1v) is 7.65. The number of carbonyl (C=O) groups is 1. The number of aryl methyl sites for hydroxylation is 1. The van der Waals surface area contributed by atoms with Crippen LogP contribution in [-0.2, 0) is 6.42 Å². The Hall–Kier alpha value is -1.56. The lowest BCUT2D eigenvalue weighted by Gasteiger charge is -2.21. The SMILES string of the molecule is C[C@H](O)[C@@H](CCc1cccc(Cl)c1Cl)NC(=O)c1c[nH]cn1. The monoisotopic (exact) mass is 341 g/mol.